The number of para-hydroxylation sites is 1. The van der Waals surface area contributed by atoms with Crippen LogP contribution < -0.4 is 10.2 Å². The van der Waals surface area contributed by atoms with Gasteiger partial charge in [-0.25, -0.2) is 4.98 Å². The molecule has 6 nitrogen and oxygen atoms in total. The predicted molar refractivity (Wildman–Crippen MR) is 94.2 cm³/mol. The van der Waals surface area contributed by atoms with Crippen LogP contribution in [-0.2, 0) is 11.2 Å². The molecular weight excluding hydrogens is 324 g/mol. The van der Waals surface area contributed by atoms with E-state index < -0.39 is 0 Å². The van der Waals surface area contributed by atoms with Gasteiger partial charge in [-0.3, -0.25) is 9.59 Å². The highest BCUT2D eigenvalue weighted by molar-refractivity contribution is 7.11. The molecule has 0 saturated heterocycles. The van der Waals surface area contributed by atoms with Crippen LogP contribution in [0, 0.1) is 0 Å². The van der Waals surface area contributed by atoms with Crippen LogP contribution >= 0.6 is 11.3 Å². The van der Waals surface area contributed by atoms with E-state index >= 15 is 0 Å². The van der Waals surface area contributed by atoms with Gasteiger partial charge in [0.15, 0.2) is 0 Å². The highest BCUT2D eigenvalue weighted by atomic mass is 32.1. The number of likely N-dealkylation sites (N-methyl/N-ethyl adjacent to an activating group) is 1. The van der Waals surface area contributed by atoms with E-state index in [1.54, 1.807) is 36.4 Å². The summed E-state index contributed by atoms with van der Waals surface area (Å²) in [7, 11) is 3.38. The van der Waals surface area contributed by atoms with Gasteiger partial charge < -0.3 is 15.1 Å². The number of benzene rings is 1. The van der Waals surface area contributed by atoms with Crippen molar-refractivity contribution < 1.29 is 9.59 Å². The van der Waals surface area contributed by atoms with Crippen molar-refractivity contribution in [2.75, 3.05) is 25.5 Å². The number of aromatic nitrogens is 1. The number of fused-ring (bicyclic) bond motifs is 1. The molecule has 1 aliphatic rings. The predicted octanol–water partition coefficient (Wildman–Crippen LogP) is 2.04. The van der Waals surface area contributed by atoms with Crippen molar-refractivity contribution in [3.8, 4) is 0 Å². The highest BCUT2D eigenvalue weighted by Crippen LogP contribution is 2.39. The number of carbonyl (C=O) groups excluding carboxylic acids is 2. The molecule has 0 bridgehead atoms. The van der Waals surface area contributed by atoms with E-state index in [0.29, 0.717) is 5.56 Å². The van der Waals surface area contributed by atoms with Crippen LogP contribution in [0.4, 0.5) is 5.69 Å². The molecule has 1 atom stereocenters. The van der Waals surface area contributed by atoms with Crippen molar-refractivity contribution in [3.63, 3.8) is 0 Å². The normalized spacial score (nSPS) is 17.0. The van der Waals surface area contributed by atoms with Gasteiger partial charge in [0.05, 0.1) is 27.7 Å². The number of amides is 2. The van der Waals surface area contributed by atoms with Gasteiger partial charge in [-0.15, -0.1) is 11.3 Å². The van der Waals surface area contributed by atoms with E-state index in [1.807, 2.05) is 29.3 Å². The summed E-state index contributed by atoms with van der Waals surface area (Å²) in [4.78, 5) is 33.8. The Labute approximate surface area is 145 Å². The first kappa shape index (κ1) is 16.4. The molecule has 24 heavy (non-hydrogen) atoms. The van der Waals surface area contributed by atoms with Crippen LogP contribution in [0.1, 0.15) is 33.3 Å². The smallest absolute Gasteiger partial charge is 0.257 e. The quantitative estimate of drug-likeness (QED) is 0.922. The molecule has 0 radical (unpaired) electrons. The zero-order valence-electron chi connectivity index (χ0n) is 13.9. The van der Waals surface area contributed by atoms with Crippen molar-refractivity contribution in [3.05, 3.63) is 45.9 Å². The first-order valence-corrected chi connectivity index (χ1v) is 8.66. The Morgan fingerprint density at radius 2 is 2.12 bits per heavy atom. The zero-order chi connectivity index (χ0) is 17.3. The average molecular weight is 344 g/mol. The largest absolute Gasteiger partial charge is 0.358 e. The minimum atomic E-state index is -0.331. The molecule has 2 amide bonds. The van der Waals surface area contributed by atoms with Gasteiger partial charge in [-0.2, -0.15) is 0 Å². The number of rotatable bonds is 4. The van der Waals surface area contributed by atoms with Crippen LogP contribution in [-0.4, -0.2) is 42.3 Å². The fourth-order valence-electron chi connectivity index (χ4n) is 2.90. The van der Waals surface area contributed by atoms with Crippen LogP contribution in [0.3, 0.4) is 0 Å². The Bertz CT molecular complexity index is 773. The standard InChI is InChI=1S/C17H20N4O2S/c1-4-15-19-9-13(24-15)16-20(3)17(23)11-7-5-6-8-12(11)21(16)10-14(22)18-2/h5-9,16H,4,10H2,1-3H3,(H,18,22)/t16-/m0/s1. The number of aryl methyl sites for hydroxylation is 1. The number of carbonyl (C=O) groups is 2. The molecule has 1 aromatic carbocycles. The molecular formula is C17H20N4O2S. The first-order valence-electron chi connectivity index (χ1n) is 7.84. The summed E-state index contributed by atoms with van der Waals surface area (Å²) in [5.41, 5.74) is 1.39. The summed E-state index contributed by atoms with van der Waals surface area (Å²) < 4.78 is 0. The third kappa shape index (κ3) is 2.75. The molecule has 0 saturated carbocycles. The average Bonchev–Trinajstić information content (AvgIpc) is 3.08. The van der Waals surface area contributed by atoms with E-state index in [0.717, 1.165) is 22.0 Å². The lowest BCUT2D eigenvalue weighted by Gasteiger charge is -2.43. The molecule has 0 unspecified atom stereocenters. The van der Waals surface area contributed by atoms with Gasteiger partial charge in [0.2, 0.25) is 5.91 Å². The second-order valence-electron chi connectivity index (χ2n) is 5.62. The van der Waals surface area contributed by atoms with Gasteiger partial charge in [0.1, 0.15) is 6.17 Å². The highest BCUT2D eigenvalue weighted by Gasteiger charge is 2.38. The maximum Gasteiger partial charge on any atom is 0.257 e. The molecule has 2 aromatic rings. The van der Waals surface area contributed by atoms with Gasteiger partial charge in [0.25, 0.3) is 5.91 Å². The van der Waals surface area contributed by atoms with Gasteiger partial charge in [-0.05, 0) is 18.6 Å². The maximum atomic E-state index is 12.8. The summed E-state index contributed by atoms with van der Waals surface area (Å²) in [5, 5.41) is 3.68. The number of hydrogen-bond donors (Lipinski definition) is 1. The van der Waals surface area contributed by atoms with Crippen LogP contribution in [0.2, 0.25) is 0 Å². The van der Waals surface area contributed by atoms with Crippen LogP contribution in [0.15, 0.2) is 30.5 Å². The number of nitrogens with zero attached hydrogens (tertiary/aromatic N) is 3. The Balaban J connectivity index is 2.10. The van der Waals surface area contributed by atoms with E-state index in [-0.39, 0.29) is 24.5 Å². The molecule has 7 heteroatoms. The minimum Gasteiger partial charge on any atom is -0.358 e. The molecule has 2 heterocycles. The molecule has 0 aliphatic carbocycles. The van der Waals surface area contributed by atoms with Gasteiger partial charge in [-0.1, -0.05) is 19.1 Å². The lowest BCUT2D eigenvalue weighted by molar-refractivity contribution is -0.119. The lowest BCUT2D eigenvalue weighted by atomic mass is 10.1. The Kier molecular flexibility index (Phi) is 4.53. The first-order chi connectivity index (χ1) is 11.6. The number of hydrogen-bond acceptors (Lipinski definition) is 5. The fourth-order valence-corrected chi connectivity index (χ4v) is 3.92. The van der Waals surface area contributed by atoms with Gasteiger partial charge >= 0.3 is 0 Å². The topological polar surface area (TPSA) is 65.5 Å². The third-order valence-corrected chi connectivity index (χ3v) is 5.33. The molecule has 1 aliphatic heterocycles. The van der Waals surface area contributed by atoms with Gasteiger partial charge in [0, 0.05) is 20.3 Å². The van der Waals surface area contributed by atoms with Crippen molar-refractivity contribution in [1.29, 1.82) is 0 Å². The minimum absolute atomic E-state index is 0.0461. The maximum absolute atomic E-state index is 12.8. The molecule has 126 valence electrons. The molecule has 0 spiro atoms. The van der Waals surface area contributed by atoms with Crippen molar-refractivity contribution in [2.45, 2.75) is 19.5 Å². The fraction of sp³-hybridized carbons (Fsp3) is 0.353. The second kappa shape index (κ2) is 6.60. The van der Waals surface area contributed by atoms with Crippen molar-refractivity contribution in [2.24, 2.45) is 0 Å². The Morgan fingerprint density at radius 1 is 1.38 bits per heavy atom. The Morgan fingerprint density at radius 3 is 2.79 bits per heavy atom. The molecule has 1 N–H and O–H groups in total. The monoisotopic (exact) mass is 344 g/mol. The summed E-state index contributed by atoms with van der Waals surface area (Å²) in [6.45, 7) is 2.23. The number of thiazole rings is 1. The SMILES string of the molecule is CCc1ncc([C@H]2N(C)C(=O)c3ccccc3N2CC(=O)NC)s1. The molecule has 3 rings (SSSR count). The van der Waals surface area contributed by atoms with E-state index in [1.165, 1.54) is 0 Å². The van der Waals surface area contributed by atoms with E-state index in [2.05, 4.69) is 17.2 Å². The Hall–Kier alpha value is -2.41. The van der Waals surface area contributed by atoms with Crippen molar-refractivity contribution in [1.82, 2.24) is 15.2 Å². The summed E-state index contributed by atoms with van der Waals surface area (Å²) in [6.07, 6.45) is 2.33. The third-order valence-electron chi connectivity index (χ3n) is 4.15. The molecule has 0 fully saturated rings. The molecule has 1 aromatic heterocycles. The summed E-state index contributed by atoms with van der Waals surface area (Å²) >= 11 is 1.58. The zero-order valence-corrected chi connectivity index (χ0v) is 14.8. The number of anilines is 1. The van der Waals surface area contributed by atoms with Crippen LogP contribution in [0.25, 0.3) is 0 Å². The summed E-state index contributed by atoms with van der Waals surface area (Å²) in [5.74, 6) is -0.145. The number of nitrogens with one attached hydrogen (secondary N) is 1. The van der Waals surface area contributed by atoms with E-state index in [9.17, 15) is 9.59 Å². The summed E-state index contributed by atoms with van der Waals surface area (Å²) in [6, 6.07) is 7.41. The van der Waals surface area contributed by atoms with E-state index in [4.69, 9.17) is 0 Å². The lowest BCUT2D eigenvalue weighted by Crippen LogP contribution is -2.50. The van der Waals surface area contributed by atoms with Crippen molar-refractivity contribution >= 4 is 28.8 Å². The second-order valence-corrected chi connectivity index (χ2v) is 6.76. The van der Waals surface area contributed by atoms with Crippen LogP contribution in [0.5, 0.6) is 0 Å².